The largest absolute Gasteiger partial charge is 0.379 e. The second-order valence-corrected chi connectivity index (χ2v) is 8.17. The van der Waals surface area contributed by atoms with Crippen LogP contribution in [0.4, 0.5) is 0 Å². The molecule has 1 aromatic heterocycles. The Labute approximate surface area is 141 Å². The third kappa shape index (κ3) is 4.77. The van der Waals surface area contributed by atoms with Crippen LogP contribution in [0.2, 0.25) is 0 Å². The van der Waals surface area contributed by atoms with Crippen molar-refractivity contribution < 1.29 is 13.2 Å². The molecule has 1 aromatic rings. The lowest BCUT2D eigenvalue weighted by atomic mass is 10.4. The van der Waals surface area contributed by atoms with Crippen molar-refractivity contribution in [2.24, 2.45) is 4.99 Å². The van der Waals surface area contributed by atoms with Gasteiger partial charge < -0.3 is 15.4 Å². The zero-order valence-electron chi connectivity index (χ0n) is 13.1. The van der Waals surface area contributed by atoms with E-state index in [-0.39, 0.29) is 0 Å². The van der Waals surface area contributed by atoms with Crippen LogP contribution in [0.1, 0.15) is 4.88 Å². The number of guanidine groups is 1. The molecule has 0 spiro atoms. The number of hydrogen-bond donors (Lipinski definition) is 2. The number of nitrogens with one attached hydrogen (secondary N) is 2. The number of ether oxygens (including phenoxy) is 1. The third-order valence-corrected chi connectivity index (χ3v) is 6.72. The molecule has 0 aliphatic carbocycles. The Kier molecular flexibility index (Phi) is 6.58. The molecule has 2 heterocycles. The van der Waals surface area contributed by atoms with E-state index < -0.39 is 10.0 Å². The summed E-state index contributed by atoms with van der Waals surface area (Å²) < 4.78 is 32.1. The van der Waals surface area contributed by atoms with E-state index >= 15 is 0 Å². The quantitative estimate of drug-likeness (QED) is 0.443. The summed E-state index contributed by atoms with van der Waals surface area (Å²) in [6.07, 6.45) is 1.74. The fourth-order valence-corrected chi connectivity index (χ4v) is 4.92. The van der Waals surface area contributed by atoms with E-state index in [0.29, 0.717) is 49.6 Å². The normalized spacial score (nSPS) is 17.0. The first-order valence-corrected chi connectivity index (χ1v) is 9.55. The van der Waals surface area contributed by atoms with Gasteiger partial charge >= 0.3 is 0 Å². The lowest BCUT2D eigenvalue weighted by Gasteiger charge is -2.25. The van der Waals surface area contributed by atoms with Crippen LogP contribution in [0.5, 0.6) is 0 Å². The summed E-state index contributed by atoms with van der Waals surface area (Å²) in [5.41, 5.74) is 0. The van der Waals surface area contributed by atoms with Crippen LogP contribution in [0.25, 0.3) is 0 Å². The van der Waals surface area contributed by atoms with Gasteiger partial charge in [0.25, 0.3) is 10.0 Å². The minimum atomic E-state index is -3.41. The van der Waals surface area contributed by atoms with Gasteiger partial charge in [0.15, 0.2) is 5.96 Å². The zero-order chi connectivity index (χ0) is 16.7. The summed E-state index contributed by atoms with van der Waals surface area (Å²) in [4.78, 5) is 5.01. The van der Waals surface area contributed by atoms with E-state index in [0.717, 1.165) is 4.88 Å². The molecule has 23 heavy (non-hydrogen) atoms. The number of sulfonamides is 1. The number of nitrogens with zero attached hydrogens (tertiary/aromatic N) is 2. The number of hydrogen-bond acceptors (Lipinski definition) is 5. The molecule has 0 atom stereocenters. The summed E-state index contributed by atoms with van der Waals surface area (Å²) in [5.74, 6) is 0.649. The number of aliphatic imine (C=N–C) groups is 1. The van der Waals surface area contributed by atoms with Crippen molar-refractivity contribution in [2.75, 3.05) is 39.9 Å². The molecular formula is C14H22N4O3S2. The maximum Gasteiger partial charge on any atom is 0.252 e. The van der Waals surface area contributed by atoms with Gasteiger partial charge in [0, 0.05) is 31.6 Å². The first-order chi connectivity index (χ1) is 11.1. The van der Waals surface area contributed by atoms with Crippen molar-refractivity contribution in [3.63, 3.8) is 0 Å². The second-order valence-electron chi connectivity index (χ2n) is 4.83. The Morgan fingerprint density at radius 1 is 1.43 bits per heavy atom. The SMILES string of the molecule is C=CCNC(=NC)NCc1ccc(S(=O)(=O)N2CCOCC2)s1. The molecule has 1 aliphatic rings. The molecule has 9 heteroatoms. The zero-order valence-corrected chi connectivity index (χ0v) is 14.8. The Balaban J connectivity index is 1.98. The molecule has 128 valence electrons. The van der Waals surface area contributed by atoms with E-state index in [1.165, 1.54) is 15.6 Å². The molecule has 2 rings (SSSR count). The highest BCUT2D eigenvalue weighted by Gasteiger charge is 2.27. The molecule has 0 unspecified atom stereocenters. The van der Waals surface area contributed by atoms with Gasteiger partial charge in [-0.2, -0.15) is 4.31 Å². The second kappa shape index (κ2) is 8.44. The predicted molar refractivity (Wildman–Crippen MR) is 92.3 cm³/mol. The number of morpholine rings is 1. The highest BCUT2D eigenvalue weighted by Crippen LogP contribution is 2.25. The van der Waals surface area contributed by atoms with Gasteiger partial charge in [-0.1, -0.05) is 6.08 Å². The van der Waals surface area contributed by atoms with Gasteiger partial charge in [-0.3, -0.25) is 4.99 Å². The van der Waals surface area contributed by atoms with Gasteiger partial charge in [-0.25, -0.2) is 8.42 Å². The van der Waals surface area contributed by atoms with Crippen LogP contribution in [0, 0.1) is 0 Å². The average Bonchev–Trinajstić information content (AvgIpc) is 3.06. The van der Waals surface area contributed by atoms with Crippen molar-refractivity contribution in [3.05, 3.63) is 29.7 Å². The van der Waals surface area contributed by atoms with Crippen molar-refractivity contribution in [1.29, 1.82) is 0 Å². The maximum absolute atomic E-state index is 12.5. The summed E-state index contributed by atoms with van der Waals surface area (Å²) in [5, 5.41) is 6.20. The monoisotopic (exact) mass is 358 g/mol. The summed E-state index contributed by atoms with van der Waals surface area (Å²) in [6.45, 7) is 6.48. The fraction of sp³-hybridized carbons (Fsp3) is 0.500. The van der Waals surface area contributed by atoms with Crippen molar-refractivity contribution in [1.82, 2.24) is 14.9 Å². The Hall–Kier alpha value is -1.42. The van der Waals surface area contributed by atoms with E-state index in [4.69, 9.17) is 4.74 Å². The Morgan fingerprint density at radius 3 is 2.83 bits per heavy atom. The highest BCUT2D eigenvalue weighted by molar-refractivity contribution is 7.91. The van der Waals surface area contributed by atoms with E-state index in [2.05, 4.69) is 22.2 Å². The average molecular weight is 358 g/mol. The fourth-order valence-electron chi connectivity index (χ4n) is 2.07. The van der Waals surface area contributed by atoms with E-state index in [1.54, 1.807) is 19.2 Å². The maximum atomic E-state index is 12.5. The molecule has 7 nitrogen and oxygen atoms in total. The molecule has 2 N–H and O–H groups in total. The van der Waals surface area contributed by atoms with Crippen LogP contribution in [-0.4, -0.2) is 58.6 Å². The van der Waals surface area contributed by atoms with Gasteiger partial charge in [0.1, 0.15) is 4.21 Å². The molecule has 0 saturated carbocycles. The smallest absolute Gasteiger partial charge is 0.252 e. The highest BCUT2D eigenvalue weighted by atomic mass is 32.2. The van der Waals surface area contributed by atoms with Gasteiger partial charge in [0.2, 0.25) is 0 Å². The molecule has 0 amide bonds. The molecule has 1 fully saturated rings. The van der Waals surface area contributed by atoms with Gasteiger partial charge in [0.05, 0.1) is 19.8 Å². The summed E-state index contributed by atoms with van der Waals surface area (Å²) >= 11 is 1.27. The lowest BCUT2D eigenvalue weighted by Crippen LogP contribution is -2.40. The van der Waals surface area contributed by atoms with Crippen LogP contribution in [0.15, 0.2) is 34.0 Å². The van der Waals surface area contributed by atoms with Gasteiger partial charge in [-0.15, -0.1) is 17.9 Å². The molecular weight excluding hydrogens is 336 g/mol. The summed E-state index contributed by atoms with van der Waals surface area (Å²) in [7, 11) is -1.73. The summed E-state index contributed by atoms with van der Waals surface area (Å²) in [6, 6.07) is 3.48. The van der Waals surface area contributed by atoms with Crippen LogP contribution in [0.3, 0.4) is 0 Å². The third-order valence-electron chi connectivity index (χ3n) is 3.27. The minimum absolute atomic E-state index is 0.366. The van der Waals surface area contributed by atoms with Gasteiger partial charge in [-0.05, 0) is 12.1 Å². The van der Waals surface area contributed by atoms with Crippen molar-refractivity contribution in [2.45, 2.75) is 10.8 Å². The molecule has 0 aromatic carbocycles. The Bertz CT molecular complexity index is 649. The van der Waals surface area contributed by atoms with Crippen molar-refractivity contribution >= 4 is 27.3 Å². The molecule has 1 saturated heterocycles. The first kappa shape index (κ1) is 17.9. The van der Waals surface area contributed by atoms with Crippen LogP contribution >= 0.6 is 11.3 Å². The molecule has 0 radical (unpaired) electrons. The van der Waals surface area contributed by atoms with Crippen molar-refractivity contribution in [3.8, 4) is 0 Å². The van der Waals surface area contributed by atoms with E-state index in [9.17, 15) is 8.42 Å². The Morgan fingerprint density at radius 2 is 2.17 bits per heavy atom. The van der Waals surface area contributed by atoms with Crippen LogP contribution in [-0.2, 0) is 21.3 Å². The first-order valence-electron chi connectivity index (χ1n) is 7.30. The number of rotatable bonds is 6. The standard InChI is InChI=1S/C14H22N4O3S2/c1-3-6-16-14(15-2)17-11-12-4-5-13(22-12)23(19,20)18-7-9-21-10-8-18/h3-5H,1,6-11H2,2H3,(H2,15,16,17). The van der Waals surface area contributed by atoms with Crippen LogP contribution < -0.4 is 10.6 Å². The predicted octanol–water partition coefficient (Wildman–Crippen LogP) is 0.620. The molecule has 1 aliphatic heterocycles. The van der Waals surface area contributed by atoms with E-state index in [1.807, 2.05) is 6.07 Å². The lowest BCUT2D eigenvalue weighted by molar-refractivity contribution is 0.0731. The molecule has 0 bridgehead atoms. The topological polar surface area (TPSA) is 83.0 Å². The minimum Gasteiger partial charge on any atom is -0.379 e. The number of thiophene rings is 1.